The number of rotatable bonds is 4. The van der Waals surface area contributed by atoms with Crippen LogP contribution in [0.1, 0.15) is 31.2 Å². The van der Waals surface area contributed by atoms with E-state index in [-0.39, 0.29) is 38.4 Å². The third-order valence-corrected chi connectivity index (χ3v) is 5.49. The molecule has 0 radical (unpaired) electrons. The van der Waals surface area contributed by atoms with E-state index >= 15 is 0 Å². The Morgan fingerprint density at radius 3 is 2.29 bits per heavy atom. The number of urea groups is 1. The van der Waals surface area contributed by atoms with Gasteiger partial charge in [-0.3, -0.25) is 14.5 Å². The zero-order valence-electron chi connectivity index (χ0n) is 15.5. The van der Waals surface area contributed by atoms with E-state index in [0.29, 0.717) is 0 Å². The first kappa shape index (κ1) is 20.2. The third kappa shape index (κ3) is 3.83. The van der Waals surface area contributed by atoms with Crippen LogP contribution in [-0.4, -0.2) is 64.4 Å². The summed E-state index contributed by atoms with van der Waals surface area (Å²) in [5, 5.41) is 0. The highest BCUT2D eigenvalue weighted by molar-refractivity contribution is 6.06. The highest BCUT2D eigenvalue weighted by atomic mass is 19.4. The number of nitrogens with zero attached hydrogens (tertiary/aromatic N) is 3. The largest absolute Gasteiger partial charge is 0.389 e. The van der Waals surface area contributed by atoms with Gasteiger partial charge in [0.15, 0.2) is 0 Å². The molecule has 1 aromatic rings. The first-order chi connectivity index (χ1) is 13.1. The summed E-state index contributed by atoms with van der Waals surface area (Å²) in [7, 11) is 1.43. The van der Waals surface area contributed by atoms with Crippen molar-refractivity contribution in [1.82, 2.24) is 14.7 Å². The average Bonchev–Trinajstić information content (AvgIpc) is 2.83. The number of carbonyl (C=O) groups is 3. The second-order valence-electron chi connectivity index (χ2n) is 7.25. The fraction of sp³-hybridized carbons (Fsp3) is 0.526. The molecule has 0 aromatic heterocycles. The van der Waals surface area contributed by atoms with Crippen LogP contribution in [0, 0.1) is 0 Å². The van der Waals surface area contributed by atoms with Gasteiger partial charge < -0.3 is 9.80 Å². The smallest absolute Gasteiger partial charge is 0.342 e. The van der Waals surface area contributed by atoms with Crippen LogP contribution in [0.3, 0.4) is 0 Å². The zero-order chi connectivity index (χ0) is 20.5. The van der Waals surface area contributed by atoms with E-state index in [1.54, 1.807) is 0 Å². The fourth-order valence-corrected chi connectivity index (χ4v) is 3.88. The third-order valence-electron chi connectivity index (χ3n) is 5.49. The molecule has 0 unspecified atom stereocenters. The van der Waals surface area contributed by atoms with Gasteiger partial charge in [-0.25, -0.2) is 4.79 Å². The van der Waals surface area contributed by atoms with Gasteiger partial charge in [0.1, 0.15) is 5.54 Å². The van der Waals surface area contributed by atoms with Gasteiger partial charge in [-0.1, -0.05) is 30.3 Å². The minimum Gasteiger partial charge on any atom is -0.342 e. The molecule has 28 heavy (non-hydrogen) atoms. The Hall–Kier alpha value is -2.58. The summed E-state index contributed by atoms with van der Waals surface area (Å²) in [5.74, 6) is -0.900. The summed E-state index contributed by atoms with van der Waals surface area (Å²) in [4.78, 5) is 41.5. The lowest BCUT2D eigenvalue weighted by molar-refractivity contribution is -0.151. The van der Waals surface area contributed by atoms with Crippen LogP contribution in [0.25, 0.3) is 0 Å². The van der Waals surface area contributed by atoms with Gasteiger partial charge in [0.2, 0.25) is 5.91 Å². The Kier molecular flexibility index (Phi) is 5.36. The minimum atomic E-state index is -4.38. The monoisotopic (exact) mass is 397 g/mol. The number of amides is 4. The van der Waals surface area contributed by atoms with E-state index < -0.39 is 36.5 Å². The average molecular weight is 397 g/mol. The van der Waals surface area contributed by atoms with Crippen molar-refractivity contribution in [1.29, 1.82) is 0 Å². The number of hydrogen-bond donors (Lipinski definition) is 0. The number of piperidine rings is 1. The van der Waals surface area contributed by atoms with Crippen LogP contribution in [0.15, 0.2) is 30.3 Å². The van der Waals surface area contributed by atoms with E-state index in [2.05, 4.69) is 0 Å². The molecule has 6 nitrogen and oxygen atoms in total. The van der Waals surface area contributed by atoms with Gasteiger partial charge in [-0.15, -0.1) is 0 Å². The van der Waals surface area contributed by atoms with Crippen LogP contribution < -0.4 is 0 Å². The molecule has 152 valence electrons. The highest BCUT2D eigenvalue weighted by Gasteiger charge is 2.57. The molecule has 2 aliphatic heterocycles. The molecule has 0 N–H and O–H groups in total. The highest BCUT2D eigenvalue weighted by Crippen LogP contribution is 2.38. The maximum absolute atomic E-state index is 12.8. The SMILES string of the molecule is CN1C(=O)N(Cc2ccccc2)C2(CCN(C(=O)CCC(F)(F)F)CC2)C1=O. The van der Waals surface area contributed by atoms with Crippen molar-refractivity contribution in [3.63, 3.8) is 0 Å². The normalized spacial score (nSPS) is 19.6. The predicted octanol–water partition coefficient (Wildman–Crippen LogP) is 2.78. The lowest BCUT2D eigenvalue weighted by atomic mass is 9.85. The molecule has 2 fully saturated rings. The summed E-state index contributed by atoms with van der Waals surface area (Å²) in [5.41, 5.74) is -0.176. The molecule has 4 amide bonds. The molecule has 3 rings (SSSR count). The van der Waals surface area contributed by atoms with Crippen molar-refractivity contribution in [2.45, 2.75) is 43.9 Å². The molecule has 1 aromatic carbocycles. The fourth-order valence-electron chi connectivity index (χ4n) is 3.88. The van der Waals surface area contributed by atoms with Gasteiger partial charge in [0.25, 0.3) is 5.91 Å². The van der Waals surface area contributed by atoms with Gasteiger partial charge >= 0.3 is 12.2 Å². The zero-order valence-corrected chi connectivity index (χ0v) is 15.5. The summed E-state index contributed by atoms with van der Waals surface area (Å²) < 4.78 is 37.1. The number of hydrogen-bond acceptors (Lipinski definition) is 3. The van der Waals surface area contributed by atoms with Gasteiger partial charge in [0.05, 0.1) is 6.42 Å². The standard InChI is InChI=1S/C19H22F3N3O3/c1-23-16(27)18(25(17(23)28)13-14-5-3-2-4-6-14)9-11-24(12-10-18)15(26)7-8-19(20,21)22/h2-6H,7-13H2,1H3. The molecule has 0 saturated carbocycles. The van der Waals surface area contributed by atoms with E-state index in [1.807, 2.05) is 30.3 Å². The topological polar surface area (TPSA) is 60.9 Å². The number of halogens is 3. The van der Waals surface area contributed by atoms with Crippen LogP contribution >= 0.6 is 0 Å². The Morgan fingerprint density at radius 1 is 1.11 bits per heavy atom. The minimum absolute atomic E-state index is 0.148. The van der Waals surface area contributed by atoms with E-state index in [0.717, 1.165) is 10.5 Å². The van der Waals surface area contributed by atoms with Crippen molar-refractivity contribution in [2.75, 3.05) is 20.1 Å². The molecule has 0 bridgehead atoms. The Bertz CT molecular complexity index is 759. The van der Waals surface area contributed by atoms with E-state index in [1.165, 1.54) is 16.8 Å². The number of likely N-dealkylation sites (N-methyl/N-ethyl adjacent to an activating group) is 1. The second-order valence-corrected chi connectivity index (χ2v) is 7.25. The number of carbonyl (C=O) groups excluding carboxylic acids is 3. The van der Waals surface area contributed by atoms with Crippen LogP contribution in [0.2, 0.25) is 0 Å². The van der Waals surface area contributed by atoms with E-state index in [9.17, 15) is 27.6 Å². The van der Waals surface area contributed by atoms with Crippen LogP contribution in [-0.2, 0) is 16.1 Å². The second kappa shape index (κ2) is 7.44. The van der Waals surface area contributed by atoms with Gasteiger partial charge in [-0.2, -0.15) is 13.2 Å². The lowest BCUT2D eigenvalue weighted by Crippen LogP contribution is -2.57. The van der Waals surface area contributed by atoms with E-state index in [4.69, 9.17) is 0 Å². The van der Waals surface area contributed by atoms with Gasteiger partial charge in [0, 0.05) is 33.1 Å². The molecule has 2 saturated heterocycles. The molecule has 0 atom stereocenters. The molecule has 1 spiro atoms. The predicted molar refractivity (Wildman–Crippen MR) is 94.0 cm³/mol. The maximum atomic E-state index is 12.8. The van der Waals surface area contributed by atoms with Crippen LogP contribution in [0.5, 0.6) is 0 Å². The van der Waals surface area contributed by atoms with Crippen molar-refractivity contribution >= 4 is 17.8 Å². The number of benzene rings is 1. The first-order valence-electron chi connectivity index (χ1n) is 9.12. The van der Waals surface area contributed by atoms with Crippen molar-refractivity contribution < 1.29 is 27.6 Å². The summed E-state index contributed by atoms with van der Waals surface area (Å²) >= 11 is 0. The molecular weight excluding hydrogens is 375 g/mol. The summed E-state index contributed by atoms with van der Waals surface area (Å²) in [6.45, 7) is 0.557. The Balaban J connectivity index is 1.72. The summed E-state index contributed by atoms with van der Waals surface area (Å²) in [6, 6.07) is 8.86. The Morgan fingerprint density at radius 2 is 1.71 bits per heavy atom. The quantitative estimate of drug-likeness (QED) is 0.734. The molecule has 2 aliphatic rings. The first-order valence-corrected chi connectivity index (χ1v) is 9.12. The number of alkyl halides is 3. The van der Waals surface area contributed by atoms with Gasteiger partial charge in [-0.05, 0) is 18.4 Å². The van der Waals surface area contributed by atoms with Crippen molar-refractivity contribution in [3.8, 4) is 0 Å². The maximum Gasteiger partial charge on any atom is 0.389 e. The summed E-state index contributed by atoms with van der Waals surface area (Å²) in [6.07, 6.45) is -5.71. The number of imide groups is 1. The van der Waals surface area contributed by atoms with Crippen molar-refractivity contribution in [3.05, 3.63) is 35.9 Å². The molecular formula is C19H22F3N3O3. The van der Waals surface area contributed by atoms with Crippen LogP contribution in [0.4, 0.5) is 18.0 Å². The molecule has 0 aliphatic carbocycles. The lowest BCUT2D eigenvalue weighted by Gasteiger charge is -2.42. The molecule has 2 heterocycles. The number of likely N-dealkylation sites (tertiary alicyclic amines) is 1. The Labute approximate surface area is 160 Å². The molecule has 9 heteroatoms. The van der Waals surface area contributed by atoms with Crippen molar-refractivity contribution in [2.24, 2.45) is 0 Å².